The van der Waals surface area contributed by atoms with Crippen LogP contribution in [0.4, 0.5) is 0 Å². The zero-order valence-electron chi connectivity index (χ0n) is 12.8. The summed E-state index contributed by atoms with van der Waals surface area (Å²) in [5.74, 6) is 0.635. The van der Waals surface area contributed by atoms with Gasteiger partial charge in [-0.2, -0.15) is 0 Å². The van der Waals surface area contributed by atoms with Crippen molar-refractivity contribution in [3.63, 3.8) is 0 Å². The molecule has 0 radical (unpaired) electrons. The zero-order valence-corrected chi connectivity index (χ0v) is 12.8. The van der Waals surface area contributed by atoms with Crippen LogP contribution in [0, 0.1) is 0 Å². The Kier molecular flexibility index (Phi) is 4.11. The number of hydrogen-bond donors (Lipinski definition) is 1. The van der Waals surface area contributed by atoms with E-state index in [1.165, 1.54) is 17.5 Å². The van der Waals surface area contributed by atoms with E-state index in [9.17, 15) is 0 Å². The van der Waals surface area contributed by atoms with Gasteiger partial charge in [0.25, 0.3) is 0 Å². The minimum atomic E-state index is 0.433. The minimum absolute atomic E-state index is 0.433. The third-order valence-electron chi connectivity index (χ3n) is 5.00. The Bertz CT molecular complexity index is 462. The topological polar surface area (TPSA) is 24.5 Å². The van der Waals surface area contributed by atoms with Gasteiger partial charge in [0, 0.05) is 24.7 Å². The highest BCUT2D eigenvalue weighted by Gasteiger charge is 2.38. The molecule has 0 aromatic heterocycles. The molecule has 1 saturated heterocycles. The highest BCUT2D eigenvalue weighted by atomic mass is 16.5. The maximum atomic E-state index is 5.61. The third-order valence-corrected chi connectivity index (χ3v) is 5.00. The van der Waals surface area contributed by atoms with Crippen LogP contribution in [0.25, 0.3) is 0 Å². The molecule has 4 unspecified atom stereocenters. The standard InChI is InChI=1S/C17H26N2O/c1-12-10-16(19-8-9-20-11-13(19)2)17(18-3)15-7-5-4-6-14(12)15/h4-7,12-13,16-18H,8-11H2,1-3H3. The lowest BCUT2D eigenvalue weighted by molar-refractivity contribution is -0.0345. The average molecular weight is 274 g/mol. The molecule has 0 spiro atoms. The Morgan fingerprint density at radius 3 is 2.65 bits per heavy atom. The Morgan fingerprint density at radius 1 is 1.20 bits per heavy atom. The van der Waals surface area contributed by atoms with Crippen molar-refractivity contribution in [1.82, 2.24) is 10.2 Å². The third kappa shape index (κ3) is 2.39. The van der Waals surface area contributed by atoms with Crippen molar-refractivity contribution in [1.29, 1.82) is 0 Å². The fourth-order valence-corrected chi connectivity index (χ4v) is 3.98. The maximum Gasteiger partial charge on any atom is 0.0619 e. The number of rotatable bonds is 2. The molecule has 20 heavy (non-hydrogen) atoms. The molecule has 4 atom stereocenters. The van der Waals surface area contributed by atoms with E-state index < -0.39 is 0 Å². The van der Waals surface area contributed by atoms with Gasteiger partial charge in [0.15, 0.2) is 0 Å². The smallest absolute Gasteiger partial charge is 0.0619 e. The summed E-state index contributed by atoms with van der Waals surface area (Å²) in [5, 5.41) is 3.57. The van der Waals surface area contributed by atoms with Gasteiger partial charge in [-0.1, -0.05) is 31.2 Å². The van der Waals surface area contributed by atoms with E-state index in [0.29, 0.717) is 24.0 Å². The van der Waals surface area contributed by atoms with Gasteiger partial charge in [-0.15, -0.1) is 0 Å². The summed E-state index contributed by atoms with van der Waals surface area (Å²) in [6.07, 6.45) is 1.23. The van der Waals surface area contributed by atoms with Crippen LogP contribution in [0.2, 0.25) is 0 Å². The SMILES string of the molecule is CNC1c2ccccc2C(C)CC1N1CCOCC1C. The van der Waals surface area contributed by atoms with Gasteiger partial charge < -0.3 is 10.1 Å². The van der Waals surface area contributed by atoms with E-state index in [1.54, 1.807) is 0 Å². The summed E-state index contributed by atoms with van der Waals surface area (Å²) in [6, 6.07) is 10.4. The monoisotopic (exact) mass is 274 g/mol. The number of nitrogens with one attached hydrogen (secondary N) is 1. The number of benzene rings is 1. The largest absolute Gasteiger partial charge is 0.379 e. The minimum Gasteiger partial charge on any atom is -0.379 e. The van der Waals surface area contributed by atoms with Crippen molar-refractivity contribution in [3.8, 4) is 0 Å². The van der Waals surface area contributed by atoms with Crippen LogP contribution in [0.5, 0.6) is 0 Å². The lowest BCUT2D eigenvalue weighted by Gasteiger charge is -2.47. The van der Waals surface area contributed by atoms with Gasteiger partial charge in [0.2, 0.25) is 0 Å². The Morgan fingerprint density at radius 2 is 1.95 bits per heavy atom. The van der Waals surface area contributed by atoms with E-state index >= 15 is 0 Å². The van der Waals surface area contributed by atoms with Crippen LogP contribution in [0.3, 0.4) is 0 Å². The van der Waals surface area contributed by atoms with Gasteiger partial charge in [0.1, 0.15) is 0 Å². The summed E-state index contributed by atoms with van der Waals surface area (Å²) in [7, 11) is 2.09. The summed E-state index contributed by atoms with van der Waals surface area (Å²) < 4.78 is 5.61. The molecule has 0 amide bonds. The molecule has 3 nitrogen and oxygen atoms in total. The first kappa shape index (κ1) is 14.1. The summed E-state index contributed by atoms with van der Waals surface area (Å²) in [6.45, 7) is 7.44. The first-order chi connectivity index (χ1) is 9.72. The molecule has 0 bridgehead atoms. The predicted octanol–water partition coefficient (Wildman–Crippen LogP) is 2.54. The van der Waals surface area contributed by atoms with E-state index in [2.05, 4.69) is 55.4 Å². The molecular formula is C17H26N2O. The Labute approximate surface area is 122 Å². The predicted molar refractivity (Wildman–Crippen MR) is 82.0 cm³/mol. The number of nitrogens with zero attached hydrogens (tertiary/aromatic N) is 1. The molecule has 1 aromatic carbocycles. The Balaban J connectivity index is 1.92. The number of hydrogen-bond acceptors (Lipinski definition) is 3. The van der Waals surface area contributed by atoms with E-state index in [1.807, 2.05) is 0 Å². The van der Waals surface area contributed by atoms with Crippen molar-refractivity contribution in [2.75, 3.05) is 26.8 Å². The second-order valence-corrected chi connectivity index (χ2v) is 6.26. The van der Waals surface area contributed by atoms with Crippen LogP contribution < -0.4 is 5.32 Å². The lowest BCUT2D eigenvalue weighted by atomic mass is 9.77. The van der Waals surface area contributed by atoms with Gasteiger partial charge in [-0.3, -0.25) is 4.90 Å². The molecule has 3 heteroatoms. The number of ether oxygens (including phenoxy) is 1. The molecule has 1 aromatic rings. The second-order valence-electron chi connectivity index (χ2n) is 6.26. The van der Waals surface area contributed by atoms with E-state index in [0.717, 1.165) is 19.8 Å². The molecule has 1 N–H and O–H groups in total. The fourth-order valence-electron chi connectivity index (χ4n) is 3.98. The first-order valence-electron chi connectivity index (χ1n) is 7.82. The van der Waals surface area contributed by atoms with Gasteiger partial charge in [-0.05, 0) is 37.4 Å². The van der Waals surface area contributed by atoms with Crippen molar-refractivity contribution < 1.29 is 4.74 Å². The molecule has 110 valence electrons. The van der Waals surface area contributed by atoms with Gasteiger partial charge >= 0.3 is 0 Å². The summed E-state index contributed by atoms with van der Waals surface area (Å²) >= 11 is 0. The summed E-state index contributed by atoms with van der Waals surface area (Å²) in [5.41, 5.74) is 3.00. The van der Waals surface area contributed by atoms with Crippen LogP contribution in [0.15, 0.2) is 24.3 Å². The van der Waals surface area contributed by atoms with E-state index in [4.69, 9.17) is 4.74 Å². The van der Waals surface area contributed by atoms with Crippen molar-refractivity contribution in [2.45, 2.75) is 44.3 Å². The fraction of sp³-hybridized carbons (Fsp3) is 0.647. The molecule has 1 fully saturated rings. The number of morpholine rings is 1. The molecule has 0 saturated carbocycles. The van der Waals surface area contributed by atoms with E-state index in [-0.39, 0.29) is 0 Å². The van der Waals surface area contributed by atoms with Gasteiger partial charge in [0.05, 0.1) is 13.2 Å². The molecule has 1 aliphatic carbocycles. The lowest BCUT2D eigenvalue weighted by Crippen LogP contribution is -2.54. The highest BCUT2D eigenvalue weighted by Crippen LogP contribution is 2.40. The highest BCUT2D eigenvalue weighted by molar-refractivity contribution is 5.36. The summed E-state index contributed by atoms with van der Waals surface area (Å²) in [4.78, 5) is 2.65. The second kappa shape index (κ2) is 5.84. The molecular weight excluding hydrogens is 248 g/mol. The van der Waals surface area contributed by atoms with Crippen molar-refractivity contribution in [2.24, 2.45) is 0 Å². The van der Waals surface area contributed by atoms with Crippen LogP contribution in [-0.2, 0) is 4.74 Å². The Hall–Kier alpha value is -0.900. The number of fused-ring (bicyclic) bond motifs is 1. The maximum absolute atomic E-state index is 5.61. The number of likely N-dealkylation sites (N-methyl/N-ethyl adjacent to an activating group) is 1. The quantitative estimate of drug-likeness (QED) is 0.897. The van der Waals surface area contributed by atoms with Crippen molar-refractivity contribution in [3.05, 3.63) is 35.4 Å². The molecule has 2 aliphatic rings. The van der Waals surface area contributed by atoms with Crippen LogP contribution in [-0.4, -0.2) is 43.8 Å². The molecule has 3 rings (SSSR count). The van der Waals surface area contributed by atoms with Crippen LogP contribution in [0.1, 0.15) is 43.4 Å². The molecule has 1 aliphatic heterocycles. The normalized spacial score (nSPS) is 34.8. The van der Waals surface area contributed by atoms with Gasteiger partial charge in [-0.25, -0.2) is 0 Å². The first-order valence-corrected chi connectivity index (χ1v) is 7.82. The average Bonchev–Trinajstić information content (AvgIpc) is 2.48. The molecule has 1 heterocycles. The zero-order chi connectivity index (χ0) is 14.1. The van der Waals surface area contributed by atoms with Crippen molar-refractivity contribution >= 4 is 0 Å². The van der Waals surface area contributed by atoms with Crippen LogP contribution >= 0.6 is 0 Å².